The Hall–Kier alpha value is -0.160. The summed E-state index contributed by atoms with van der Waals surface area (Å²) in [7, 11) is 0. The van der Waals surface area contributed by atoms with E-state index in [1.807, 2.05) is 0 Å². The van der Waals surface area contributed by atoms with Crippen LogP contribution in [0, 0.1) is 52.3 Å². The van der Waals surface area contributed by atoms with E-state index in [0.717, 1.165) is 80.6 Å². The van der Waals surface area contributed by atoms with Crippen molar-refractivity contribution in [2.75, 3.05) is 26.2 Å². The Balaban J connectivity index is 1.26. The molecule has 0 aromatic heterocycles. The van der Waals surface area contributed by atoms with E-state index in [-0.39, 0.29) is 6.10 Å². The van der Waals surface area contributed by atoms with Crippen LogP contribution in [0.25, 0.3) is 0 Å². The average molecular weight is 532 g/mol. The van der Waals surface area contributed by atoms with E-state index < -0.39 is 0 Å². The van der Waals surface area contributed by atoms with Gasteiger partial charge in [0.1, 0.15) is 0 Å². The van der Waals surface area contributed by atoms with Gasteiger partial charge in [0.25, 0.3) is 0 Å². The smallest absolute Gasteiger partial charge is 0.0563 e. The summed E-state index contributed by atoms with van der Waals surface area (Å²) in [4.78, 5) is 0. The lowest BCUT2D eigenvalue weighted by Crippen LogP contribution is -2.55. The number of rotatable bonds is 14. The van der Waals surface area contributed by atoms with Gasteiger partial charge in [-0.2, -0.15) is 0 Å². The summed E-state index contributed by atoms with van der Waals surface area (Å²) in [5.74, 6) is 5.84. The van der Waals surface area contributed by atoms with Crippen molar-refractivity contribution in [1.29, 1.82) is 0 Å². The van der Waals surface area contributed by atoms with Gasteiger partial charge in [0, 0.05) is 6.04 Å². The van der Waals surface area contributed by atoms with Crippen molar-refractivity contribution in [2.24, 2.45) is 58.0 Å². The fraction of sp³-hybridized carbons (Fsp3) is 1.00. The van der Waals surface area contributed by atoms with E-state index in [1.165, 1.54) is 77.0 Å². The van der Waals surface area contributed by atoms with Crippen LogP contribution in [0.4, 0.5) is 0 Å². The maximum atomic E-state index is 10.4. The molecule has 38 heavy (non-hydrogen) atoms. The van der Waals surface area contributed by atoms with E-state index >= 15 is 0 Å². The fourth-order valence-corrected chi connectivity index (χ4v) is 10.4. The molecule has 0 aliphatic heterocycles. The average Bonchev–Trinajstić information content (AvgIpc) is 3.25. The van der Waals surface area contributed by atoms with Crippen molar-refractivity contribution < 1.29 is 5.11 Å². The molecule has 222 valence electrons. The molecule has 0 aromatic rings. The predicted octanol–water partition coefficient (Wildman–Crippen LogP) is 6.76. The van der Waals surface area contributed by atoms with Crippen LogP contribution in [0.3, 0.4) is 0 Å². The zero-order chi connectivity index (χ0) is 27.3. The Morgan fingerprint density at radius 3 is 2.32 bits per heavy atom. The van der Waals surface area contributed by atoms with Crippen molar-refractivity contribution in [3.05, 3.63) is 0 Å². The quantitative estimate of drug-likeness (QED) is 0.187. The first-order chi connectivity index (χ1) is 18.2. The van der Waals surface area contributed by atoms with E-state index in [1.54, 1.807) is 0 Å². The molecule has 4 aliphatic carbocycles. The summed E-state index contributed by atoms with van der Waals surface area (Å²) in [5.41, 5.74) is 6.72. The number of fused-ring (bicyclic) bond motifs is 5. The summed E-state index contributed by atoms with van der Waals surface area (Å²) in [6.07, 6.45) is 18.7. The minimum absolute atomic E-state index is 0.124. The first kappa shape index (κ1) is 30.8. The molecule has 5 unspecified atom stereocenters. The number of nitrogens with one attached hydrogen (secondary N) is 2. The molecule has 0 radical (unpaired) electrons. The highest BCUT2D eigenvalue weighted by Gasteiger charge is 2.60. The number of aliphatic hydroxyl groups is 1. The lowest BCUT2D eigenvalue weighted by molar-refractivity contribution is -0.118. The molecular formula is C34H65N3O. The van der Waals surface area contributed by atoms with Crippen LogP contribution in [-0.2, 0) is 0 Å². The third-order valence-electron chi connectivity index (χ3n) is 12.9. The van der Waals surface area contributed by atoms with Gasteiger partial charge >= 0.3 is 0 Å². The van der Waals surface area contributed by atoms with Gasteiger partial charge < -0.3 is 21.5 Å². The summed E-state index contributed by atoms with van der Waals surface area (Å²) in [5, 5.41) is 18.0. The molecule has 4 saturated carbocycles. The number of unbranched alkanes of at least 4 members (excludes halogenated alkanes) is 1. The SMILES string of the molecule is CC(C)C(O)CCC(C)[C@H]1CCC2C3CC[C@H]4C[C@H](NCCCNCCCCN)CC[C@]4(C)C3CC[C@@]21C. The molecule has 4 heteroatoms. The van der Waals surface area contributed by atoms with Crippen molar-refractivity contribution in [1.82, 2.24) is 10.6 Å². The molecule has 0 bridgehead atoms. The summed E-state index contributed by atoms with van der Waals surface area (Å²) in [6, 6.07) is 0.744. The van der Waals surface area contributed by atoms with Crippen LogP contribution in [0.2, 0.25) is 0 Å². The van der Waals surface area contributed by atoms with Gasteiger partial charge in [-0.3, -0.25) is 0 Å². The van der Waals surface area contributed by atoms with E-state index in [4.69, 9.17) is 5.73 Å². The van der Waals surface area contributed by atoms with Crippen LogP contribution in [0.1, 0.15) is 125 Å². The maximum Gasteiger partial charge on any atom is 0.0563 e. The van der Waals surface area contributed by atoms with Gasteiger partial charge in [0.05, 0.1) is 6.10 Å². The third kappa shape index (κ3) is 6.66. The van der Waals surface area contributed by atoms with Crippen LogP contribution in [0.5, 0.6) is 0 Å². The highest BCUT2D eigenvalue weighted by Crippen LogP contribution is 2.68. The Bertz CT molecular complexity index is 714. The van der Waals surface area contributed by atoms with Crippen LogP contribution >= 0.6 is 0 Å². The second-order valence-electron chi connectivity index (χ2n) is 15.3. The van der Waals surface area contributed by atoms with Crippen molar-refractivity contribution in [3.8, 4) is 0 Å². The molecule has 5 N–H and O–H groups in total. The Morgan fingerprint density at radius 2 is 1.55 bits per heavy atom. The number of hydrogen-bond donors (Lipinski definition) is 4. The molecule has 4 rings (SSSR count). The molecular weight excluding hydrogens is 466 g/mol. The Labute approximate surface area is 236 Å². The number of aliphatic hydroxyl groups excluding tert-OH is 1. The molecule has 0 heterocycles. The molecule has 0 saturated heterocycles. The molecule has 4 fully saturated rings. The summed E-state index contributed by atoms with van der Waals surface area (Å²) < 4.78 is 0. The Morgan fingerprint density at radius 1 is 0.816 bits per heavy atom. The van der Waals surface area contributed by atoms with Gasteiger partial charge in [-0.15, -0.1) is 0 Å². The molecule has 4 aliphatic rings. The first-order valence-corrected chi connectivity index (χ1v) is 17.0. The van der Waals surface area contributed by atoms with Gasteiger partial charge in [0.15, 0.2) is 0 Å². The normalized spacial score (nSPS) is 40.4. The summed E-state index contributed by atoms with van der Waals surface area (Å²) >= 11 is 0. The highest BCUT2D eigenvalue weighted by atomic mass is 16.3. The Kier molecular flexibility index (Phi) is 11.1. The first-order valence-electron chi connectivity index (χ1n) is 17.0. The second kappa shape index (κ2) is 13.7. The van der Waals surface area contributed by atoms with E-state index in [9.17, 15) is 5.11 Å². The van der Waals surface area contributed by atoms with Crippen LogP contribution in [-0.4, -0.2) is 43.4 Å². The van der Waals surface area contributed by atoms with Gasteiger partial charge in [-0.1, -0.05) is 34.6 Å². The third-order valence-corrected chi connectivity index (χ3v) is 12.9. The predicted molar refractivity (Wildman–Crippen MR) is 162 cm³/mol. The monoisotopic (exact) mass is 532 g/mol. The molecule has 0 amide bonds. The molecule has 4 nitrogen and oxygen atoms in total. The van der Waals surface area contributed by atoms with Gasteiger partial charge in [-0.05, 0) is 168 Å². The lowest BCUT2D eigenvalue weighted by Gasteiger charge is -2.61. The van der Waals surface area contributed by atoms with Gasteiger partial charge in [-0.25, -0.2) is 0 Å². The highest BCUT2D eigenvalue weighted by molar-refractivity contribution is 5.10. The molecule has 10 atom stereocenters. The summed E-state index contributed by atoms with van der Waals surface area (Å²) in [6.45, 7) is 16.5. The topological polar surface area (TPSA) is 70.3 Å². The van der Waals surface area contributed by atoms with E-state index in [2.05, 4.69) is 45.3 Å². The molecule has 0 aromatic carbocycles. The van der Waals surface area contributed by atoms with Crippen molar-refractivity contribution in [2.45, 2.75) is 137 Å². The fourth-order valence-electron chi connectivity index (χ4n) is 10.4. The molecule has 0 spiro atoms. The van der Waals surface area contributed by atoms with Crippen molar-refractivity contribution >= 4 is 0 Å². The van der Waals surface area contributed by atoms with Crippen LogP contribution in [0.15, 0.2) is 0 Å². The number of nitrogens with two attached hydrogens (primary N) is 1. The maximum absolute atomic E-state index is 10.4. The zero-order valence-electron chi connectivity index (χ0n) is 25.9. The lowest BCUT2D eigenvalue weighted by atomic mass is 9.44. The van der Waals surface area contributed by atoms with E-state index in [0.29, 0.717) is 16.7 Å². The standard InChI is InChI=1S/C34H65N3O/c1-24(2)32(38)14-9-25(3)29-12-13-30-28-11-10-26-23-27(37-22-8-21-36-20-7-6-19-35)15-17-33(26,4)31(28)16-18-34(29,30)5/h24-32,36-38H,6-23,35H2,1-5H3/t25?,26-,27+,28?,29+,30?,31?,32?,33-,34+/m0/s1. The zero-order valence-corrected chi connectivity index (χ0v) is 25.9. The second-order valence-corrected chi connectivity index (χ2v) is 15.3. The van der Waals surface area contributed by atoms with Crippen LogP contribution < -0.4 is 16.4 Å². The minimum Gasteiger partial charge on any atom is -0.393 e. The largest absolute Gasteiger partial charge is 0.393 e. The minimum atomic E-state index is -0.124. The van der Waals surface area contributed by atoms with Gasteiger partial charge in [0.2, 0.25) is 0 Å². The van der Waals surface area contributed by atoms with Crippen molar-refractivity contribution in [3.63, 3.8) is 0 Å². The number of hydrogen-bond acceptors (Lipinski definition) is 4.